The first kappa shape index (κ1) is 18.4. The van der Waals surface area contributed by atoms with Crippen molar-refractivity contribution in [2.75, 3.05) is 6.61 Å². The van der Waals surface area contributed by atoms with Crippen molar-refractivity contribution < 1.29 is 19.1 Å². The van der Waals surface area contributed by atoms with Gasteiger partial charge in [0.1, 0.15) is 6.61 Å². The molecule has 4 rings (SSSR count). The zero-order valence-corrected chi connectivity index (χ0v) is 16.4. The van der Waals surface area contributed by atoms with Crippen molar-refractivity contribution in [1.29, 1.82) is 0 Å². The largest absolute Gasteiger partial charge is 0.458 e. The van der Waals surface area contributed by atoms with Crippen LogP contribution in [0.3, 0.4) is 0 Å². The van der Waals surface area contributed by atoms with Gasteiger partial charge in [0.2, 0.25) is 0 Å². The van der Waals surface area contributed by atoms with Crippen LogP contribution < -0.4 is 0 Å². The molecular formula is C23H28O4. The molecule has 5 atom stereocenters. The highest BCUT2D eigenvalue weighted by atomic mass is 16.5. The molecule has 4 nitrogen and oxygen atoms in total. The fourth-order valence-corrected chi connectivity index (χ4v) is 6.32. The highest BCUT2D eigenvalue weighted by molar-refractivity contribution is 6.01. The summed E-state index contributed by atoms with van der Waals surface area (Å²) in [6.07, 6.45) is 12.8. The van der Waals surface area contributed by atoms with Crippen molar-refractivity contribution in [3.8, 4) is 0 Å². The number of esters is 1. The lowest BCUT2D eigenvalue weighted by Gasteiger charge is -2.52. The molecule has 0 saturated heterocycles. The molecule has 2 saturated carbocycles. The van der Waals surface area contributed by atoms with E-state index < -0.39 is 5.97 Å². The second-order valence-electron chi connectivity index (χ2n) is 9.11. The molecule has 4 aliphatic rings. The molecule has 0 aliphatic heterocycles. The maximum Gasteiger partial charge on any atom is 0.303 e. The fourth-order valence-electron chi connectivity index (χ4n) is 6.32. The van der Waals surface area contributed by atoms with Crippen molar-refractivity contribution in [1.82, 2.24) is 0 Å². The summed E-state index contributed by atoms with van der Waals surface area (Å²) in [6, 6.07) is 0. The molecule has 0 N–H and O–H groups in total. The molecule has 0 spiro atoms. The average molecular weight is 368 g/mol. The molecule has 27 heavy (non-hydrogen) atoms. The van der Waals surface area contributed by atoms with Gasteiger partial charge in [-0.25, -0.2) is 0 Å². The summed E-state index contributed by atoms with van der Waals surface area (Å²) >= 11 is 0. The van der Waals surface area contributed by atoms with Crippen LogP contribution in [-0.2, 0) is 19.1 Å². The standard InChI is InChI=1S/C23H28O4/c1-14(24)27-13-21(26)20-7-6-18-17-5-4-15-12-16(25)8-10-22(15,2)19(17)9-11-23(18,20)3/h8-10,12,17-18,20H,4-7,11,13H2,1-3H3/t17-,18-,20+,22-,23-/m0/s1. The lowest BCUT2D eigenvalue weighted by Crippen LogP contribution is -2.45. The van der Waals surface area contributed by atoms with Crippen molar-refractivity contribution in [3.63, 3.8) is 0 Å². The summed E-state index contributed by atoms with van der Waals surface area (Å²) < 4.78 is 4.99. The van der Waals surface area contributed by atoms with Crippen molar-refractivity contribution in [2.24, 2.45) is 28.6 Å². The van der Waals surface area contributed by atoms with Gasteiger partial charge >= 0.3 is 5.97 Å². The van der Waals surface area contributed by atoms with Crippen LogP contribution >= 0.6 is 0 Å². The fraction of sp³-hybridized carbons (Fsp3) is 0.609. The van der Waals surface area contributed by atoms with Crippen molar-refractivity contribution >= 4 is 17.5 Å². The minimum absolute atomic E-state index is 0.0344. The second-order valence-corrected chi connectivity index (χ2v) is 9.11. The van der Waals surface area contributed by atoms with Gasteiger partial charge in [0.05, 0.1) is 0 Å². The van der Waals surface area contributed by atoms with Gasteiger partial charge in [-0.1, -0.05) is 30.2 Å². The number of allylic oxidation sites excluding steroid dienone is 6. The van der Waals surface area contributed by atoms with Crippen LogP contribution in [0.4, 0.5) is 0 Å². The Morgan fingerprint density at radius 3 is 2.74 bits per heavy atom. The van der Waals surface area contributed by atoms with Crippen LogP contribution in [0.2, 0.25) is 0 Å². The second kappa shape index (κ2) is 6.29. The normalized spacial score (nSPS) is 39.7. The molecule has 4 heteroatoms. The summed E-state index contributed by atoms with van der Waals surface area (Å²) in [5.41, 5.74) is 2.48. The molecular weight excluding hydrogens is 340 g/mol. The summed E-state index contributed by atoms with van der Waals surface area (Å²) in [5, 5.41) is 0. The smallest absolute Gasteiger partial charge is 0.303 e. The first-order chi connectivity index (χ1) is 12.8. The quantitative estimate of drug-likeness (QED) is 0.559. The average Bonchev–Trinajstić information content (AvgIpc) is 2.97. The molecule has 0 aromatic heterocycles. The van der Waals surface area contributed by atoms with Crippen LogP contribution in [0.15, 0.2) is 35.5 Å². The molecule has 0 aromatic carbocycles. The van der Waals surface area contributed by atoms with Crippen LogP contribution in [0.25, 0.3) is 0 Å². The van der Waals surface area contributed by atoms with Crippen LogP contribution in [-0.4, -0.2) is 24.1 Å². The number of hydrogen-bond acceptors (Lipinski definition) is 4. The highest BCUT2D eigenvalue weighted by Gasteiger charge is 2.56. The first-order valence-corrected chi connectivity index (χ1v) is 10.1. The van der Waals surface area contributed by atoms with E-state index in [4.69, 9.17) is 4.74 Å². The topological polar surface area (TPSA) is 60.4 Å². The molecule has 0 amide bonds. The van der Waals surface area contributed by atoms with Crippen LogP contribution in [0.1, 0.15) is 52.9 Å². The Labute approximate surface area is 160 Å². The molecule has 0 radical (unpaired) electrons. The summed E-state index contributed by atoms with van der Waals surface area (Å²) in [7, 11) is 0. The Morgan fingerprint density at radius 2 is 2.00 bits per heavy atom. The van der Waals surface area contributed by atoms with Gasteiger partial charge in [-0.05, 0) is 68.4 Å². The van der Waals surface area contributed by atoms with E-state index in [1.165, 1.54) is 18.1 Å². The van der Waals surface area contributed by atoms with Crippen LogP contribution in [0, 0.1) is 28.6 Å². The number of Topliss-reactive ketones (excluding diaryl/α,β-unsaturated/α-hetero) is 1. The van der Waals surface area contributed by atoms with E-state index in [0.717, 1.165) is 32.1 Å². The van der Waals surface area contributed by atoms with Gasteiger partial charge in [-0.2, -0.15) is 0 Å². The maximum absolute atomic E-state index is 12.7. The maximum atomic E-state index is 12.7. The third-order valence-electron chi connectivity index (χ3n) is 7.75. The van der Waals surface area contributed by atoms with Crippen molar-refractivity contribution in [3.05, 3.63) is 35.5 Å². The Morgan fingerprint density at radius 1 is 1.22 bits per heavy atom. The van der Waals surface area contributed by atoms with E-state index in [9.17, 15) is 14.4 Å². The summed E-state index contributed by atoms with van der Waals surface area (Å²) in [5.74, 6) is 0.681. The van der Waals surface area contributed by atoms with Gasteiger partial charge < -0.3 is 4.74 Å². The third kappa shape index (κ3) is 2.76. The lowest BCUT2D eigenvalue weighted by atomic mass is 9.52. The zero-order chi connectivity index (χ0) is 19.4. The van der Waals surface area contributed by atoms with Gasteiger partial charge in [-0.3, -0.25) is 14.4 Å². The Balaban J connectivity index is 1.62. The Hall–Kier alpha value is -1.97. The van der Waals surface area contributed by atoms with Gasteiger partial charge in [0, 0.05) is 18.3 Å². The Kier molecular flexibility index (Phi) is 4.28. The van der Waals surface area contributed by atoms with Gasteiger partial charge in [-0.15, -0.1) is 0 Å². The molecule has 0 aromatic rings. The predicted molar refractivity (Wildman–Crippen MR) is 102 cm³/mol. The minimum Gasteiger partial charge on any atom is -0.458 e. The van der Waals surface area contributed by atoms with E-state index in [0.29, 0.717) is 11.8 Å². The molecule has 2 fully saturated rings. The van der Waals surface area contributed by atoms with Crippen molar-refractivity contribution in [2.45, 2.75) is 52.9 Å². The van der Waals surface area contributed by atoms with E-state index in [-0.39, 0.29) is 34.9 Å². The number of carbonyl (C=O) groups is 3. The SMILES string of the molecule is CC(=O)OCC(=O)[C@H]1CC[C@H]2[C@@H]3CCC4=CC(=O)C=C[C@]4(C)C3=CC[C@]12C. The Bertz CT molecular complexity index is 801. The first-order valence-electron chi connectivity index (χ1n) is 10.1. The van der Waals surface area contributed by atoms with E-state index in [1.54, 1.807) is 6.08 Å². The predicted octanol–water partition coefficient (Wildman–Crippen LogP) is 3.96. The molecule has 0 bridgehead atoms. The molecule has 0 heterocycles. The number of carbonyl (C=O) groups excluding carboxylic acids is 3. The molecule has 4 aliphatic carbocycles. The van der Waals surface area contributed by atoms with Crippen LogP contribution in [0.5, 0.6) is 0 Å². The van der Waals surface area contributed by atoms with E-state index in [1.807, 2.05) is 6.08 Å². The van der Waals surface area contributed by atoms with Gasteiger partial charge in [0.15, 0.2) is 11.6 Å². The molecule has 0 unspecified atom stereocenters. The minimum atomic E-state index is -0.396. The zero-order valence-electron chi connectivity index (χ0n) is 16.4. The third-order valence-corrected chi connectivity index (χ3v) is 7.75. The lowest BCUT2D eigenvalue weighted by molar-refractivity contribution is -0.148. The van der Waals surface area contributed by atoms with E-state index >= 15 is 0 Å². The monoisotopic (exact) mass is 368 g/mol. The van der Waals surface area contributed by atoms with E-state index in [2.05, 4.69) is 26.0 Å². The number of ether oxygens (including phenoxy) is 1. The molecule has 144 valence electrons. The summed E-state index contributed by atoms with van der Waals surface area (Å²) in [6.45, 7) is 5.74. The number of rotatable bonds is 3. The summed E-state index contributed by atoms with van der Waals surface area (Å²) in [4.78, 5) is 35.7. The number of ketones is 2. The number of hydrogen-bond donors (Lipinski definition) is 0. The highest BCUT2D eigenvalue weighted by Crippen LogP contribution is 2.63. The number of fused-ring (bicyclic) bond motifs is 5. The van der Waals surface area contributed by atoms with Gasteiger partial charge in [0.25, 0.3) is 0 Å².